The van der Waals surface area contributed by atoms with E-state index in [1.807, 2.05) is 6.07 Å². The van der Waals surface area contributed by atoms with Crippen molar-refractivity contribution in [1.29, 1.82) is 5.26 Å². The van der Waals surface area contributed by atoms with E-state index in [9.17, 15) is 13.2 Å². The molecule has 29 heavy (non-hydrogen) atoms. The second-order valence-corrected chi connectivity index (χ2v) is 7.77. The lowest BCUT2D eigenvalue weighted by atomic mass is 10.2. The first-order valence-corrected chi connectivity index (χ1v) is 10.3. The van der Waals surface area contributed by atoms with Gasteiger partial charge in [-0.3, -0.25) is 0 Å². The number of rotatable bonds is 13. The van der Waals surface area contributed by atoms with Crippen LogP contribution in [0.1, 0.15) is 16.8 Å². The molecule has 0 atom stereocenters. The van der Waals surface area contributed by atoms with Gasteiger partial charge < -0.3 is 14.2 Å². The van der Waals surface area contributed by atoms with Crippen LogP contribution >= 0.6 is 0 Å². The van der Waals surface area contributed by atoms with E-state index >= 15 is 0 Å². The lowest BCUT2D eigenvalue weighted by Crippen LogP contribution is -2.11. The van der Waals surface area contributed by atoms with Gasteiger partial charge in [0, 0.05) is 24.0 Å². The molecule has 0 aliphatic heterocycles. The van der Waals surface area contributed by atoms with Crippen molar-refractivity contribution < 1.29 is 27.4 Å². The van der Waals surface area contributed by atoms with Crippen LogP contribution in [0.5, 0.6) is 5.75 Å². The van der Waals surface area contributed by atoms with E-state index in [0.717, 1.165) is 5.41 Å². The zero-order valence-corrected chi connectivity index (χ0v) is 16.8. The van der Waals surface area contributed by atoms with Crippen LogP contribution in [-0.4, -0.2) is 40.0 Å². The second kappa shape index (κ2) is 12.3. The lowest BCUT2D eigenvalue weighted by molar-refractivity contribution is 0.0638. The van der Waals surface area contributed by atoms with Crippen molar-refractivity contribution in [3.63, 3.8) is 0 Å². The maximum Gasteiger partial charge on any atom is 0.343 e. The Labute approximate surface area is 171 Å². The molecule has 0 aromatic heterocycles. The van der Waals surface area contributed by atoms with Gasteiger partial charge in [-0.15, -0.1) is 0 Å². The van der Waals surface area contributed by atoms with Gasteiger partial charge in [0.1, 0.15) is 11.5 Å². The first kappa shape index (κ1) is 23.9. The molecule has 1 aromatic carbocycles. The molecule has 154 valence electrons. The SMILES string of the molecule is C=CS(=O)(=O)CCOCCCOc1ccc(C(=O)OC(=C)/C=C\C(=C)C#N)cc1. The number of ether oxygens (including phenoxy) is 3. The van der Waals surface area contributed by atoms with Gasteiger partial charge in [-0.1, -0.05) is 19.7 Å². The molecule has 0 bridgehead atoms. The van der Waals surface area contributed by atoms with Gasteiger partial charge in [0.05, 0.1) is 30.6 Å². The number of benzene rings is 1. The van der Waals surface area contributed by atoms with Crippen LogP contribution in [0.15, 0.2) is 72.9 Å². The van der Waals surface area contributed by atoms with Gasteiger partial charge in [0.15, 0.2) is 9.84 Å². The highest BCUT2D eigenvalue weighted by Crippen LogP contribution is 2.14. The number of nitriles is 1. The molecular weight excluding hydrogens is 394 g/mol. The summed E-state index contributed by atoms with van der Waals surface area (Å²) in [6.45, 7) is 11.1. The van der Waals surface area contributed by atoms with Gasteiger partial charge in [-0.05, 0) is 36.4 Å². The van der Waals surface area contributed by atoms with Crippen LogP contribution in [0.3, 0.4) is 0 Å². The summed E-state index contributed by atoms with van der Waals surface area (Å²) in [6, 6.07) is 8.21. The Kier molecular flexibility index (Phi) is 10.2. The largest absolute Gasteiger partial charge is 0.494 e. The summed E-state index contributed by atoms with van der Waals surface area (Å²) in [5.74, 6) is -0.0198. The van der Waals surface area contributed by atoms with Crippen LogP contribution < -0.4 is 4.74 Å². The molecule has 0 fully saturated rings. The Morgan fingerprint density at radius 2 is 1.79 bits per heavy atom. The Hall–Kier alpha value is -3.15. The standard InChI is InChI=1S/C21H23NO6S/c1-4-29(24,25)15-14-26-12-5-13-27-20-10-8-19(9-11-20)21(23)28-18(3)7-6-17(2)16-22/h4,6-11H,1-3,5,12-15H2/b7-6-. The van der Waals surface area contributed by atoms with Gasteiger partial charge >= 0.3 is 5.97 Å². The average Bonchev–Trinajstić information content (AvgIpc) is 2.71. The fourth-order valence-corrected chi connectivity index (χ4v) is 2.36. The molecular formula is C21H23NO6S. The zero-order valence-electron chi connectivity index (χ0n) is 16.0. The molecule has 0 spiro atoms. The van der Waals surface area contributed by atoms with Crippen molar-refractivity contribution in [2.45, 2.75) is 6.42 Å². The summed E-state index contributed by atoms with van der Waals surface area (Å²) >= 11 is 0. The minimum atomic E-state index is -3.24. The van der Waals surface area contributed by atoms with Crippen LogP contribution in [0.25, 0.3) is 0 Å². The van der Waals surface area contributed by atoms with Crippen LogP contribution in [0.2, 0.25) is 0 Å². The van der Waals surface area contributed by atoms with E-state index in [0.29, 0.717) is 30.9 Å². The van der Waals surface area contributed by atoms with E-state index in [4.69, 9.17) is 19.5 Å². The molecule has 7 nitrogen and oxygen atoms in total. The van der Waals surface area contributed by atoms with E-state index in [1.165, 1.54) is 12.2 Å². The van der Waals surface area contributed by atoms with Gasteiger partial charge in [0.2, 0.25) is 0 Å². The van der Waals surface area contributed by atoms with E-state index in [1.54, 1.807) is 24.3 Å². The number of nitrogens with zero attached hydrogens (tertiary/aromatic N) is 1. The quantitative estimate of drug-likeness (QED) is 0.159. The van der Waals surface area contributed by atoms with Crippen molar-refractivity contribution >= 4 is 15.8 Å². The topological polar surface area (TPSA) is 103 Å². The van der Waals surface area contributed by atoms with Crippen LogP contribution in [-0.2, 0) is 19.3 Å². The Morgan fingerprint density at radius 3 is 2.41 bits per heavy atom. The van der Waals surface area contributed by atoms with Gasteiger partial charge in [-0.2, -0.15) is 5.26 Å². The van der Waals surface area contributed by atoms with E-state index < -0.39 is 15.8 Å². The van der Waals surface area contributed by atoms with Crippen LogP contribution in [0, 0.1) is 11.3 Å². The lowest BCUT2D eigenvalue weighted by Gasteiger charge is -2.08. The smallest absolute Gasteiger partial charge is 0.343 e. The van der Waals surface area contributed by atoms with Gasteiger partial charge in [0.25, 0.3) is 0 Å². The average molecular weight is 417 g/mol. The van der Waals surface area contributed by atoms with E-state index in [2.05, 4.69) is 19.7 Å². The van der Waals surface area contributed by atoms with Crippen molar-refractivity contribution in [3.05, 3.63) is 78.5 Å². The molecule has 0 N–H and O–H groups in total. The molecule has 0 amide bonds. The monoisotopic (exact) mass is 417 g/mol. The molecule has 0 radical (unpaired) electrons. The molecule has 0 saturated heterocycles. The Morgan fingerprint density at radius 1 is 1.10 bits per heavy atom. The molecule has 0 saturated carbocycles. The first-order valence-electron chi connectivity index (χ1n) is 8.61. The zero-order chi connectivity index (χ0) is 21.7. The second-order valence-electron chi connectivity index (χ2n) is 5.70. The maximum atomic E-state index is 12.0. The third kappa shape index (κ3) is 10.1. The number of sulfone groups is 1. The third-order valence-electron chi connectivity index (χ3n) is 3.40. The fraction of sp³-hybridized carbons (Fsp3) is 0.238. The summed E-state index contributed by atoms with van der Waals surface area (Å²) in [7, 11) is -3.24. The highest BCUT2D eigenvalue weighted by molar-refractivity contribution is 7.94. The summed E-state index contributed by atoms with van der Waals surface area (Å²) < 4.78 is 38.2. The Balaban J connectivity index is 2.33. The van der Waals surface area contributed by atoms with Crippen molar-refractivity contribution in [3.8, 4) is 11.8 Å². The fourth-order valence-electron chi connectivity index (χ4n) is 1.84. The number of carbonyl (C=O) groups excluding carboxylic acids is 1. The predicted molar refractivity (Wildman–Crippen MR) is 110 cm³/mol. The molecule has 0 aliphatic carbocycles. The number of carbonyl (C=O) groups is 1. The summed E-state index contributed by atoms with van der Waals surface area (Å²) in [4.78, 5) is 12.0. The Bertz CT molecular complexity index is 907. The molecule has 1 rings (SSSR count). The minimum absolute atomic E-state index is 0.0904. The molecule has 0 aliphatic rings. The van der Waals surface area contributed by atoms with Crippen molar-refractivity contribution in [1.82, 2.24) is 0 Å². The van der Waals surface area contributed by atoms with Crippen LogP contribution in [0.4, 0.5) is 0 Å². The minimum Gasteiger partial charge on any atom is -0.494 e. The molecule has 0 heterocycles. The molecule has 1 aromatic rings. The summed E-state index contributed by atoms with van der Waals surface area (Å²) in [5.41, 5.74) is 0.536. The highest BCUT2D eigenvalue weighted by atomic mass is 32.2. The maximum absolute atomic E-state index is 12.0. The first-order chi connectivity index (χ1) is 13.8. The normalized spacial score (nSPS) is 10.9. The number of hydrogen-bond acceptors (Lipinski definition) is 7. The highest BCUT2D eigenvalue weighted by Gasteiger charge is 2.08. The predicted octanol–water partition coefficient (Wildman–Crippen LogP) is 3.34. The molecule has 0 unspecified atom stereocenters. The van der Waals surface area contributed by atoms with E-state index in [-0.39, 0.29) is 23.7 Å². The summed E-state index contributed by atoms with van der Waals surface area (Å²) in [5, 5.41) is 9.52. The molecule has 8 heteroatoms. The number of allylic oxidation sites excluding steroid dienone is 3. The summed E-state index contributed by atoms with van der Waals surface area (Å²) in [6.07, 6.45) is 3.36. The van der Waals surface area contributed by atoms with Crippen molar-refractivity contribution in [2.75, 3.05) is 25.6 Å². The van der Waals surface area contributed by atoms with Crippen molar-refractivity contribution in [2.24, 2.45) is 0 Å². The number of hydrogen-bond donors (Lipinski definition) is 0. The third-order valence-corrected chi connectivity index (χ3v) is 4.64. The number of esters is 1. The van der Waals surface area contributed by atoms with Gasteiger partial charge in [-0.25, -0.2) is 13.2 Å².